The molecule has 0 saturated heterocycles. The predicted molar refractivity (Wildman–Crippen MR) is 250 cm³/mol. The van der Waals surface area contributed by atoms with Crippen LogP contribution < -0.4 is 24.3 Å². The van der Waals surface area contributed by atoms with Gasteiger partial charge in [0.15, 0.2) is 9.95 Å². The fourth-order valence-electron chi connectivity index (χ4n) is 6.19. The number of diazo groups is 2. The average molecular weight is 976 g/mol. The summed E-state index contributed by atoms with van der Waals surface area (Å²) < 4.78 is 115. The second-order valence-electron chi connectivity index (χ2n) is 15.2. The van der Waals surface area contributed by atoms with E-state index in [1.165, 1.54) is 52.1 Å². The Morgan fingerprint density at radius 2 is 1.06 bits per heavy atom. The molecule has 0 aliphatic heterocycles. The predicted octanol–water partition coefficient (Wildman–Crippen LogP) is 16.9. The van der Waals surface area contributed by atoms with E-state index >= 15 is 0 Å². The molecular formula is C46H64F6N5O7PS. The van der Waals surface area contributed by atoms with Crippen LogP contribution in [0.3, 0.4) is 0 Å². The molecule has 20 heteroatoms. The van der Waals surface area contributed by atoms with Crippen molar-refractivity contribution in [2.45, 2.75) is 123 Å². The summed E-state index contributed by atoms with van der Waals surface area (Å²) >= 11 is 0. The topological polar surface area (TPSA) is 162 Å². The van der Waals surface area contributed by atoms with Crippen LogP contribution in [0.15, 0.2) is 77.7 Å². The van der Waals surface area contributed by atoms with Crippen LogP contribution in [0.5, 0.6) is 23.0 Å². The van der Waals surface area contributed by atoms with E-state index in [2.05, 4.69) is 36.0 Å². The van der Waals surface area contributed by atoms with Crippen molar-refractivity contribution in [3.63, 3.8) is 0 Å². The van der Waals surface area contributed by atoms with Gasteiger partial charge in [-0.05, 0) is 69.4 Å². The molecule has 4 rings (SSSR count). The number of ether oxygens (including phenoxy) is 4. The molecule has 0 spiro atoms. The zero-order valence-corrected chi connectivity index (χ0v) is 40.5. The second kappa shape index (κ2) is 28.0. The summed E-state index contributed by atoms with van der Waals surface area (Å²) in [4.78, 5) is 6.51. The third-order valence-corrected chi connectivity index (χ3v) is 10.2. The number of para-hydroxylation sites is 1. The van der Waals surface area contributed by atoms with E-state index < -0.39 is 17.9 Å². The van der Waals surface area contributed by atoms with Gasteiger partial charge in [0.05, 0.1) is 31.8 Å². The van der Waals surface area contributed by atoms with Crippen molar-refractivity contribution in [3.05, 3.63) is 99.4 Å². The Morgan fingerprint density at radius 3 is 1.45 bits per heavy atom. The molecule has 0 saturated carbocycles. The van der Waals surface area contributed by atoms with Gasteiger partial charge in [-0.15, -0.1) is 0 Å². The summed E-state index contributed by atoms with van der Waals surface area (Å²) in [6.45, 7) is 13.6. The van der Waals surface area contributed by atoms with Gasteiger partial charge >= 0.3 is 44.4 Å². The molecule has 66 heavy (non-hydrogen) atoms. The summed E-state index contributed by atoms with van der Waals surface area (Å²) in [7, 11) is -13.5. The van der Waals surface area contributed by atoms with Gasteiger partial charge < -0.3 is 28.8 Å². The number of methoxy groups -OCH3 is 1. The van der Waals surface area contributed by atoms with Gasteiger partial charge in [-0.2, -0.15) is 0 Å². The zero-order valence-electron chi connectivity index (χ0n) is 38.8. The third-order valence-electron chi connectivity index (χ3n) is 9.10. The zero-order chi connectivity index (χ0) is 49.9. The number of anilines is 2. The van der Waals surface area contributed by atoms with E-state index in [4.69, 9.17) is 24.3 Å². The van der Waals surface area contributed by atoms with E-state index in [1.807, 2.05) is 55.5 Å². The Hall–Kier alpha value is -5.36. The summed E-state index contributed by atoms with van der Waals surface area (Å²) in [5.41, 5.74) is 4.63. The fourth-order valence-corrected chi connectivity index (χ4v) is 7.09. The monoisotopic (exact) mass is 975 g/mol. The van der Waals surface area contributed by atoms with Crippen LogP contribution in [-0.4, -0.2) is 39.9 Å². The first-order valence-electron chi connectivity index (χ1n) is 21.7. The Kier molecular flexibility index (Phi) is 24.9. The van der Waals surface area contributed by atoms with Crippen LogP contribution in [0.4, 0.5) is 47.9 Å². The summed E-state index contributed by atoms with van der Waals surface area (Å²) in [5, 5.41) is 21.6. The van der Waals surface area contributed by atoms with Crippen molar-refractivity contribution >= 4 is 40.7 Å². The quantitative estimate of drug-likeness (QED) is 0.0264. The summed E-state index contributed by atoms with van der Waals surface area (Å²) in [5.74, 6) is 2.28. The average Bonchev–Trinajstić information content (AvgIpc) is 3.22. The molecule has 0 aromatic heterocycles. The molecule has 0 aliphatic rings. The van der Waals surface area contributed by atoms with Gasteiger partial charge in [-0.3, -0.25) is 0 Å². The first kappa shape index (κ1) is 58.7. The molecule has 1 N–H and O–H groups in total. The van der Waals surface area contributed by atoms with E-state index in [-0.39, 0.29) is 4.90 Å². The molecule has 0 fully saturated rings. The van der Waals surface area contributed by atoms with Crippen molar-refractivity contribution in [3.8, 4) is 23.0 Å². The molecule has 0 bridgehead atoms. The number of hydrogen-bond acceptors (Lipinski definition) is 10. The van der Waals surface area contributed by atoms with Crippen LogP contribution in [0.1, 0.15) is 115 Å². The Bertz CT molecular complexity index is 2210. The van der Waals surface area contributed by atoms with Crippen LogP contribution in [0.25, 0.3) is 9.95 Å². The number of aryl methyl sites for hydroxylation is 3. The molecule has 4 aromatic carbocycles. The number of nitrogens with zero attached hydrogens (tertiary/aromatic N) is 4. The standard InChI is InChI=1S/C24H41N2O3.C13H12N3O.C9H12O3S.F6P/c1-4-7-10-13-16-27-21-19-22(28-17-14-11-8-5-2)24(26-25)23(20-21)29-18-15-12-9-6-3;1-17-13-9-11(7-8-12(13)16-14)15-10-5-3-2-4-6-10;1-6-4-7(2)9(8(3)5-6)13(10,11)12;1-7(2,3,4,5)6/h19-20H,4-18H2,1-3H3;2-9,15H,1H3;4-5H,1-3H3,(H,10,11,12);/q2*+1;;-1/p-1. The molecule has 0 atom stereocenters. The molecule has 0 aliphatic carbocycles. The molecular weight excluding hydrogens is 912 g/mol. The maximum absolute atomic E-state index is 10.8. The van der Waals surface area contributed by atoms with Crippen molar-refractivity contribution in [2.24, 2.45) is 0 Å². The molecule has 0 unspecified atom stereocenters. The number of hydrogen-bond donors (Lipinski definition) is 1. The third kappa shape index (κ3) is 27.2. The van der Waals surface area contributed by atoms with Crippen molar-refractivity contribution < 1.29 is 57.1 Å². The number of benzene rings is 4. The maximum atomic E-state index is 10.8. The normalized spacial score (nSPS) is 11.8. The molecule has 0 heterocycles. The summed E-state index contributed by atoms with van der Waals surface area (Å²) in [6.07, 6.45) is 13.6. The van der Waals surface area contributed by atoms with Crippen LogP contribution in [0, 0.1) is 31.6 Å². The van der Waals surface area contributed by atoms with E-state index in [0.29, 0.717) is 65.3 Å². The Labute approximate surface area is 385 Å². The number of rotatable bonds is 22. The molecule has 0 amide bonds. The van der Waals surface area contributed by atoms with Gasteiger partial charge in [0.25, 0.3) is 0 Å². The van der Waals surface area contributed by atoms with Crippen LogP contribution in [0.2, 0.25) is 0 Å². The van der Waals surface area contributed by atoms with Crippen molar-refractivity contribution in [1.29, 1.82) is 10.8 Å². The molecule has 368 valence electrons. The minimum atomic E-state index is -10.7. The number of nitrogens with one attached hydrogen (secondary N) is 1. The fraction of sp³-hybridized carbons (Fsp3) is 0.478. The first-order chi connectivity index (χ1) is 30.9. The number of unbranched alkanes of at least 4 members (excludes halogenated alkanes) is 9. The SMILES string of the molecule is CCCCCCOc1cc(OCCCCCC)c([N+]#N)c(OCCCCCC)c1.COc1cc(Nc2ccccc2)ccc1[N+]#N.Cc1cc(C)c(S(=O)(=O)[O-])c(C)c1.F[P-](F)(F)(F)(F)F. The summed E-state index contributed by atoms with van der Waals surface area (Å²) in [6, 6.07) is 22.1. The van der Waals surface area contributed by atoms with E-state index in [9.17, 15) is 43.5 Å². The van der Waals surface area contributed by atoms with E-state index in [0.717, 1.165) is 49.0 Å². The second-order valence-corrected chi connectivity index (χ2v) is 18.4. The molecule has 12 nitrogen and oxygen atoms in total. The van der Waals surface area contributed by atoms with Crippen LogP contribution in [-0.2, 0) is 10.1 Å². The molecule has 4 aromatic rings. The van der Waals surface area contributed by atoms with Gasteiger partial charge in [0.1, 0.15) is 15.9 Å². The van der Waals surface area contributed by atoms with Gasteiger partial charge in [0.2, 0.25) is 28.0 Å². The number of halogens is 6. The van der Waals surface area contributed by atoms with Crippen molar-refractivity contribution in [2.75, 3.05) is 32.2 Å². The first-order valence-corrected chi connectivity index (χ1v) is 25.2. The Balaban J connectivity index is 0.000000494. The van der Waals surface area contributed by atoms with E-state index in [1.54, 1.807) is 38.1 Å². The van der Waals surface area contributed by atoms with Crippen LogP contribution >= 0.6 is 7.81 Å². The molecule has 0 radical (unpaired) electrons. The Morgan fingerprint density at radius 1 is 0.606 bits per heavy atom. The van der Waals surface area contributed by atoms with Gasteiger partial charge in [-0.25, -0.2) is 8.42 Å². The van der Waals surface area contributed by atoms with Gasteiger partial charge in [-0.1, -0.05) is 114 Å². The minimum absolute atomic E-state index is 0.0851. The van der Waals surface area contributed by atoms with Crippen molar-refractivity contribution in [1.82, 2.24) is 0 Å². The van der Waals surface area contributed by atoms with Gasteiger partial charge in [0, 0.05) is 35.6 Å².